The van der Waals surface area contributed by atoms with Crippen LogP contribution < -0.4 is 15.8 Å². The minimum Gasteiger partial charge on any atom is -0.497 e. The van der Waals surface area contributed by atoms with Gasteiger partial charge < -0.3 is 20.5 Å². The van der Waals surface area contributed by atoms with E-state index in [-0.39, 0.29) is 12.8 Å². The fourth-order valence-electron chi connectivity index (χ4n) is 3.26. The number of hydrogen-bond donors (Lipinski definition) is 2. The van der Waals surface area contributed by atoms with Crippen molar-refractivity contribution in [3.63, 3.8) is 0 Å². The molecule has 3 aromatic rings. The topological polar surface area (TPSA) is 100 Å². The molecular weight excluding hydrogens is 344 g/mol. The fraction of sp³-hybridized carbons (Fsp3) is 0.421. The zero-order chi connectivity index (χ0) is 18.6. The predicted octanol–water partition coefficient (Wildman–Crippen LogP) is 2.60. The van der Waals surface area contributed by atoms with Crippen molar-refractivity contribution in [1.82, 2.24) is 19.5 Å². The van der Waals surface area contributed by atoms with Crippen molar-refractivity contribution in [2.45, 2.75) is 38.6 Å². The van der Waals surface area contributed by atoms with Crippen molar-refractivity contribution in [3.8, 4) is 5.75 Å². The third kappa shape index (κ3) is 3.72. The van der Waals surface area contributed by atoms with E-state index < -0.39 is 0 Å². The van der Waals surface area contributed by atoms with Crippen LogP contribution in [0.4, 0.5) is 5.82 Å². The van der Waals surface area contributed by atoms with Gasteiger partial charge in [-0.05, 0) is 37.0 Å². The van der Waals surface area contributed by atoms with Gasteiger partial charge in [-0.3, -0.25) is 4.57 Å². The molecule has 1 fully saturated rings. The average Bonchev–Trinajstić information content (AvgIpc) is 3.17. The Morgan fingerprint density at radius 2 is 2.11 bits per heavy atom. The Balaban J connectivity index is 1.61. The largest absolute Gasteiger partial charge is 0.497 e. The Hall–Kier alpha value is -2.71. The summed E-state index contributed by atoms with van der Waals surface area (Å²) in [5.74, 6) is 2.10. The Labute approximate surface area is 157 Å². The number of rotatable bonds is 6. The van der Waals surface area contributed by atoms with Crippen molar-refractivity contribution in [2.75, 3.05) is 19.0 Å². The van der Waals surface area contributed by atoms with E-state index in [1.807, 2.05) is 28.8 Å². The minimum atomic E-state index is -0.0290. The number of aromatic nitrogens is 4. The molecule has 0 bridgehead atoms. The maximum absolute atomic E-state index is 5.89. The molecule has 0 amide bonds. The Morgan fingerprint density at radius 1 is 1.26 bits per heavy atom. The van der Waals surface area contributed by atoms with Gasteiger partial charge in [0.15, 0.2) is 17.0 Å². The van der Waals surface area contributed by atoms with Crippen LogP contribution in [0.5, 0.6) is 5.75 Å². The average molecular weight is 368 g/mol. The fourth-order valence-corrected chi connectivity index (χ4v) is 3.26. The molecule has 1 unspecified atom stereocenters. The van der Waals surface area contributed by atoms with Crippen LogP contribution in [-0.2, 0) is 17.8 Å². The second kappa shape index (κ2) is 7.89. The highest BCUT2D eigenvalue weighted by Gasteiger charge is 2.21. The molecule has 2 aromatic heterocycles. The molecule has 1 aliphatic rings. The number of ether oxygens (including phenoxy) is 2. The van der Waals surface area contributed by atoms with Gasteiger partial charge in [0.1, 0.15) is 17.8 Å². The van der Waals surface area contributed by atoms with Crippen LogP contribution in [0.1, 0.15) is 36.9 Å². The molecule has 1 aliphatic heterocycles. The normalized spacial score (nSPS) is 17.2. The van der Waals surface area contributed by atoms with E-state index in [4.69, 9.17) is 15.2 Å². The maximum Gasteiger partial charge on any atom is 0.167 e. The van der Waals surface area contributed by atoms with Gasteiger partial charge in [-0.15, -0.1) is 0 Å². The lowest BCUT2D eigenvalue weighted by Crippen LogP contribution is -2.18. The van der Waals surface area contributed by atoms with Crippen LogP contribution in [0, 0.1) is 0 Å². The maximum atomic E-state index is 5.89. The van der Waals surface area contributed by atoms with E-state index in [9.17, 15) is 0 Å². The highest BCUT2D eigenvalue weighted by Crippen LogP contribution is 2.28. The zero-order valence-corrected chi connectivity index (χ0v) is 15.4. The minimum absolute atomic E-state index is 0.0290. The molecule has 3 N–H and O–H groups in total. The predicted molar refractivity (Wildman–Crippen MR) is 102 cm³/mol. The summed E-state index contributed by atoms with van der Waals surface area (Å²) in [5, 5.41) is 3.37. The monoisotopic (exact) mass is 368 g/mol. The molecular formula is C19H24N6O2. The van der Waals surface area contributed by atoms with Gasteiger partial charge in [-0.1, -0.05) is 12.1 Å². The quantitative estimate of drug-likeness (QED) is 0.690. The van der Waals surface area contributed by atoms with Gasteiger partial charge in [-0.25, -0.2) is 15.0 Å². The molecule has 27 heavy (non-hydrogen) atoms. The summed E-state index contributed by atoms with van der Waals surface area (Å²) in [4.78, 5) is 13.7. The molecule has 0 radical (unpaired) electrons. The van der Waals surface area contributed by atoms with E-state index in [0.29, 0.717) is 18.2 Å². The third-order valence-electron chi connectivity index (χ3n) is 4.74. The number of nitrogens with two attached hydrogens (primary N) is 1. The molecule has 4 rings (SSSR count). The SMILES string of the molecule is COc1ccc(CNc2nc(CN)nc3c2ncn3C2CCCCO2)cc1. The molecule has 1 saturated heterocycles. The molecule has 1 aromatic carbocycles. The number of anilines is 1. The number of methoxy groups -OCH3 is 1. The summed E-state index contributed by atoms with van der Waals surface area (Å²) in [6.45, 7) is 1.65. The lowest BCUT2D eigenvalue weighted by Gasteiger charge is -2.23. The van der Waals surface area contributed by atoms with Crippen LogP contribution in [0.15, 0.2) is 30.6 Å². The molecule has 8 heteroatoms. The molecule has 142 valence electrons. The first-order valence-electron chi connectivity index (χ1n) is 9.20. The molecule has 0 saturated carbocycles. The first kappa shape index (κ1) is 17.7. The summed E-state index contributed by atoms with van der Waals surface area (Å²) >= 11 is 0. The lowest BCUT2D eigenvalue weighted by atomic mass is 10.2. The van der Waals surface area contributed by atoms with Crippen LogP contribution in [-0.4, -0.2) is 33.2 Å². The number of imidazole rings is 1. The van der Waals surface area contributed by atoms with Gasteiger partial charge in [0.05, 0.1) is 20.0 Å². The zero-order valence-electron chi connectivity index (χ0n) is 15.4. The highest BCUT2D eigenvalue weighted by molar-refractivity contribution is 5.83. The summed E-state index contributed by atoms with van der Waals surface area (Å²) in [7, 11) is 1.66. The Bertz CT molecular complexity index is 902. The number of nitrogens with one attached hydrogen (secondary N) is 1. The van der Waals surface area contributed by atoms with Crippen molar-refractivity contribution >= 4 is 17.0 Å². The van der Waals surface area contributed by atoms with Gasteiger partial charge in [0.25, 0.3) is 0 Å². The van der Waals surface area contributed by atoms with Crippen molar-refractivity contribution in [1.29, 1.82) is 0 Å². The Kier molecular flexibility index (Phi) is 5.17. The Morgan fingerprint density at radius 3 is 2.81 bits per heavy atom. The van der Waals surface area contributed by atoms with E-state index >= 15 is 0 Å². The van der Waals surface area contributed by atoms with Crippen LogP contribution >= 0.6 is 0 Å². The van der Waals surface area contributed by atoms with Crippen molar-refractivity contribution in [2.24, 2.45) is 5.73 Å². The number of benzene rings is 1. The first-order chi connectivity index (χ1) is 13.3. The van der Waals surface area contributed by atoms with Gasteiger partial charge in [0.2, 0.25) is 0 Å². The van der Waals surface area contributed by atoms with Crippen LogP contribution in [0.3, 0.4) is 0 Å². The smallest absolute Gasteiger partial charge is 0.167 e. The third-order valence-corrected chi connectivity index (χ3v) is 4.74. The molecule has 3 heterocycles. The molecule has 8 nitrogen and oxygen atoms in total. The van der Waals surface area contributed by atoms with Crippen molar-refractivity contribution in [3.05, 3.63) is 42.0 Å². The first-order valence-corrected chi connectivity index (χ1v) is 9.20. The van der Waals surface area contributed by atoms with Crippen molar-refractivity contribution < 1.29 is 9.47 Å². The van der Waals surface area contributed by atoms with E-state index in [0.717, 1.165) is 48.3 Å². The summed E-state index contributed by atoms with van der Waals surface area (Å²) < 4.78 is 13.1. The molecule has 1 atom stereocenters. The molecule has 0 aliphatic carbocycles. The summed E-state index contributed by atoms with van der Waals surface area (Å²) in [6.07, 6.45) is 4.96. The lowest BCUT2D eigenvalue weighted by molar-refractivity contribution is -0.0298. The van der Waals surface area contributed by atoms with Gasteiger partial charge >= 0.3 is 0 Å². The van der Waals surface area contributed by atoms with Gasteiger partial charge in [-0.2, -0.15) is 0 Å². The number of fused-ring (bicyclic) bond motifs is 1. The number of hydrogen-bond acceptors (Lipinski definition) is 7. The highest BCUT2D eigenvalue weighted by atomic mass is 16.5. The summed E-state index contributed by atoms with van der Waals surface area (Å²) in [6, 6.07) is 7.91. The summed E-state index contributed by atoms with van der Waals surface area (Å²) in [5.41, 5.74) is 8.43. The van der Waals surface area contributed by atoms with E-state index in [2.05, 4.69) is 20.3 Å². The second-order valence-electron chi connectivity index (χ2n) is 6.54. The van der Waals surface area contributed by atoms with Crippen LogP contribution in [0.2, 0.25) is 0 Å². The van der Waals surface area contributed by atoms with E-state index in [1.165, 1.54) is 0 Å². The van der Waals surface area contributed by atoms with E-state index in [1.54, 1.807) is 13.4 Å². The molecule has 0 spiro atoms. The number of nitrogens with zero attached hydrogens (tertiary/aromatic N) is 4. The van der Waals surface area contributed by atoms with Gasteiger partial charge in [0, 0.05) is 13.2 Å². The van der Waals surface area contributed by atoms with Crippen LogP contribution in [0.25, 0.3) is 11.2 Å². The standard InChI is InChI=1S/C19H24N6O2/c1-26-14-7-5-13(6-8-14)11-21-18-17-19(24-15(10-20)23-18)25(12-22-17)16-4-2-3-9-27-16/h5-8,12,16H,2-4,9-11,20H2,1H3,(H,21,23,24). The second-order valence-corrected chi connectivity index (χ2v) is 6.54.